The van der Waals surface area contributed by atoms with Gasteiger partial charge in [0.05, 0.1) is 11.1 Å². The van der Waals surface area contributed by atoms with Crippen LogP contribution in [0.25, 0.3) is 11.0 Å². The van der Waals surface area contributed by atoms with E-state index in [1.165, 1.54) is 6.07 Å². The van der Waals surface area contributed by atoms with Gasteiger partial charge in [0.2, 0.25) is 0 Å². The van der Waals surface area contributed by atoms with Crippen LogP contribution in [0.3, 0.4) is 0 Å². The molecule has 0 saturated heterocycles. The molecular weight excluding hydrogens is 374 g/mol. The summed E-state index contributed by atoms with van der Waals surface area (Å²) in [4.78, 5) is 26.0. The average Bonchev–Trinajstić information content (AvgIpc) is 3.32. The number of aromatic nitrogens is 2. The monoisotopic (exact) mass is 393 g/mol. The Morgan fingerprint density at radius 2 is 2.04 bits per heavy atom. The second kappa shape index (κ2) is 7.44. The molecule has 1 N–H and O–H groups in total. The van der Waals surface area contributed by atoms with E-state index < -0.39 is 5.91 Å². The number of thiophene rings is 1. The maximum absolute atomic E-state index is 12.7. The number of nitrogens with one attached hydrogen (secondary N) is 1. The molecule has 28 heavy (non-hydrogen) atoms. The first-order chi connectivity index (χ1) is 13.5. The number of hydrogen-bond acceptors (Lipinski definition) is 5. The van der Waals surface area contributed by atoms with Crippen LogP contribution < -0.4 is 10.7 Å². The Kier molecular flexibility index (Phi) is 4.83. The standard InChI is InChI=1S/C21H19N3O3S/c1-13-10-14(2)24(23-13)16(20-8-5-9-28-20)12-22-21(26)19-11-17(25)15-6-3-4-7-18(15)27-19/h3-11,16H,12H2,1-2H3,(H,22,26). The Balaban J connectivity index is 1.60. The minimum absolute atomic E-state index is 0.00185. The Hall–Kier alpha value is -3.19. The number of amides is 1. The molecule has 142 valence electrons. The summed E-state index contributed by atoms with van der Waals surface area (Å²) in [6.07, 6.45) is 0. The number of carbonyl (C=O) groups is 1. The quantitative estimate of drug-likeness (QED) is 0.561. The molecule has 0 spiro atoms. The number of carbonyl (C=O) groups excluding carboxylic acids is 1. The zero-order valence-electron chi connectivity index (χ0n) is 15.5. The van der Waals surface area contributed by atoms with E-state index in [9.17, 15) is 9.59 Å². The summed E-state index contributed by atoms with van der Waals surface area (Å²) in [6, 6.07) is 14.0. The summed E-state index contributed by atoms with van der Waals surface area (Å²) in [6.45, 7) is 4.26. The predicted molar refractivity (Wildman–Crippen MR) is 109 cm³/mol. The molecule has 0 bridgehead atoms. The average molecular weight is 393 g/mol. The molecule has 3 heterocycles. The van der Waals surface area contributed by atoms with Gasteiger partial charge in [0.25, 0.3) is 5.91 Å². The van der Waals surface area contributed by atoms with Gasteiger partial charge in [-0.25, -0.2) is 0 Å². The molecule has 7 heteroatoms. The Bertz CT molecular complexity index is 1190. The lowest BCUT2D eigenvalue weighted by molar-refractivity contribution is 0.0922. The lowest BCUT2D eigenvalue weighted by Gasteiger charge is -2.18. The minimum Gasteiger partial charge on any atom is -0.451 e. The van der Waals surface area contributed by atoms with Crippen LogP contribution in [-0.4, -0.2) is 22.2 Å². The molecule has 1 unspecified atom stereocenters. The van der Waals surface area contributed by atoms with Crippen LogP contribution in [0.5, 0.6) is 0 Å². The summed E-state index contributed by atoms with van der Waals surface area (Å²) < 4.78 is 7.54. The molecule has 3 aromatic heterocycles. The van der Waals surface area contributed by atoms with E-state index in [-0.39, 0.29) is 17.2 Å². The third kappa shape index (κ3) is 3.48. The fraction of sp³-hybridized carbons (Fsp3) is 0.190. The van der Waals surface area contributed by atoms with Gasteiger partial charge in [-0.3, -0.25) is 14.3 Å². The predicted octanol–water partition coefficient (Wildman–Crippen LogP) is 3.69. The molecule has 1 aromatic carbocycles. The van der Waals surface area contributed by atoms with Crippen molar-refractivity contribution in [1.29, 1.82) is 0 Å². The van der Waals surface area contributed by atoms with Crippen molar-refractivity contribution in [2.24, 2.45) is 0 Å². The first-order valence-electron chi connectivity index (χ1n) is 8.90. The topological polar surface area (TPSA) is 77.1 Å². The molecule has 0 aliphatic rings. The van der Waals surface area contributed by atoms with E-state index in [0.717, 1.165) is 16.3 Å². The highest BCUT2D eigenvalue weighted by Gasteiger charge is 2.20. The van der Waals surface area contributed by atoms with E-state index in [1.54, 1.807) is 35.6 Å². The molecule has 6 nitrogen and oxygen atoms in total. The van der Waals surface area contributed by atoms with Crippen LogP contribution in [0, 0.1) is 13.8 Å². The number of nitrogens with zero attached hydrogens (tertiary/aromatic N) is 2. The molecule has 0 aliphatic heterocycles. The zero-order valence-corrected chi connectivity index (χ0v) is 16.3. The molecular formula is C21H19N3O3S. The third-order valence-corrected chi connectivity index (χ3v) is 5.50. The molecule has 4 aromatic rings. The van der Waals surface area contributed by atoms with E-state index in [2.05, 4.69) is 10.4 Å². The Morgan fingerprint density at radius 3 is 2.75 bits per heavy atom. The number of benzene rings is 1. The first kappa shape index (κ1) is 18.2. The van der Waals surface area contributed by atoms with Crippen molar-refractivity contribution in [3.8, 4) is 0 Å². The van der Waals surface area contributed by atoms with Crippen molar-refractivity contribution in [2.75, 3.05) is 6.54 Å². The van der Waals surface area contributed by atoms with Crippen molar-refractivity contribution in [3.63, 3.8) is 0 Å². The lowest BCUT2D eigenvalue weighted by atomic mass is 10.2. The zero-order chi connectivity index (χ0) is 19.7. The number of aryl methyl sites for hydroxylation is 2. The maximum atomic E-state index is 12.7. The van der Waals surface area contributed by atoms with Crippen molar-refractivity contribution in [2.45, 2.75) is 19.9 Å². The second-order valence-corrected chi connectivity index (χ2v) is 7.56. The van der Waals surface area contributed by atoms with Crippen LogP contribution in [-0.2, 0) is 0 Å². The van der Waals surface area contributed by atoms with E-state index in [1.807, 2.05) is 42.1 Å². The molecule has 0 fully saturated rings. The van der Waals surface area contributed by atoms with E-state index in [4.69, 9.17) is 4.42 Å². The maximum Gasteiger partial charge on any atom is 0.287 e. The molecule has 4 rings (SSSR count). The highest BCUT2D eigenvalue weighted by Crippen LogP contribution is 2.24. The van der Waals surface area contributed by atoms with Crippen molar-refractivity contribution >= 4 is 28.2 Å². The number of para-hydroxylation sites is 1. The van der Waals surface area contributed by atoms with Crippen molar-refractivity contribution < 1.29 is 9.21 Å². The highest BCUT2D eigenvalue weighted by atomic mass is 32.1. The fourth-order valence-corrected chi connectivity index (χ4v) is 4.05. The van der Waals surface area contributed by atoms with Crippen LogP contribution in [0.1, 0.15) is 32.9 Å². The first-order valence-corrected chi connectivity index (χ1v) is 9.78. The summed E-state index contributed by atoms with van der Waals surface area (Å²) in [7, 11) is 0. The molecule has 0 radical (unpaired) electrons. The van der Waals surface area contributed by atoms with Crippen LogP contribution in [0.2, 0.25) is 0 Å². The van der Waals surface area contributed by atoms with E-state index in [0.29, 0.717) is 17.5 Å². The van der Waals surface area contributed by atoms with E-state index >= 15 is 0 Å². The van der Waals surface area contributed by atoms with Gasteiger partial charge < -0.3 is 9.73 Å². The molecule has 0 saturated carbocycles. The van der Waals surface area contributed by atoms with Gasteiger partial charge in [0, 0.05) is 23.2 Å². The largest absolute Gasteiger partial charge is 0.451 e. The van der Waals surface area contributed by atoms with Gasteiger partial charge in [-0.15, -0.1) is 11.3 Å². The summed E-state index contributed by atoms with van der Waals surface area (Å²) in [5.74, 6) is -0.423. The van der Waals surface area contributed by atoms with Gasteiger partial charge in [-0.1, -0.05) is 18.2 Å². The van der Waals surface area contributed by atoms with Crippen LogP contribution in [0.4, 0.5) is 0 Å². The Morgan fingerprint density at radius 1 is 1.21 bits per heavy atom. The smallest absolute Gasteiger partial charge is 0.287 e. The number of rotatable bonds is 5. The fourth-order valence-electron chi connectivity index (χ4n) is 3.24. The van der Waals surface area contributed by atoms with Crippen molar-refractivity contribution in [1.82, 2.24) is 15.1 Å². The third-order valence-electron chi connectivity index (χ3n) is 4.53. The number of hydrogen-bond donors (Lipinski definition) is 1. The SMILES string of the molecule is Cc1cc(C)n(C(CNC(=O)c2cc(=O)c3ccccc3o2)c2cccs2)n1. The Labute approximate surface area is 165 Å². The normalized spacial score (nSPS) is 12.2. The van der Waals surface area contributed by atoms with Crippen LogP contribution >= 0.6 is 11.3 Å². The molecule has 1 amide bonds. The summed E-state index contributed by atoms with van der Waals surface area (Å²) in [5, 5.41) is 9.91. The van der Waals surface area contributed by atoms with Gasteiger partial charge in [0.1, 0.15) is 11.6 Å². The summed E-state index contributed by atoms with van der Waals surface area (Å²) in [5.41, 5.74) is 2.10. The van der Waals surface area contributed by atoms with Crippen LogP contribution in [0.15, 0.2) is 63.1 Å². The second-order valence-electron chi connectivity index (χ2n) is 6.58. The van der Waals surface area contributed by atoms with Gasteiger partial charge >= 0.3 is 0 Å². The molecule has 1 atom stereocenters. The van der Waals surface area contributed by atoms with Gasteiger partial charge in [-0.05, 0) is 43.5 Å². The lowest BCUT2D eigenvalue weighted by Crippen LogP contribution is -2.32. The molecule has 0 aliphatic carbocycles. The number of fused-ring (bicyclic) bond motifs is 1. The minimum atomic E-state index is -0.425. The van der Waals surface area contributed by atoms with Crippen molar-refractivity contribution in [3.05, 3.63) is 86.2 Å². The summed E-state index contributed by atoms with van der Waals surface area (Å²) >= 11 is 1.61. The van der Waals surface area contributed by atoms with Gasteiger partial charge in [0.15, 0.2) is 11.2 Å². The van der Waals surface area contributed by atoms with Gasteiger partial charge in [-0.2, -0.15) is 5.10 Å². The highest BCUT2D eigenvalue weighted by molar-refractivity contribution is 7.10.